The third kappa shape index (κ3) is 5.01. The predicted octanol–water partition coefficient (Wildman–Crippen LogP) is 4.95. The Labute approximate surface area is 192 Å². The topological polar surface area (TPSA) is 73.2 Å². The third-order valence-electron chi connectivity index (χ3n) is 5.28. The van der Waals surface area contributed by atoms with Gasteiger partial charge in [-0.15, -0.1) is 0 Å². The van der Waals surface area contributed by atoms with Crippen LogP contribution in [0.2, 0.25) is 0 Å². The molecule has 0 bridgehead atoms. The lowest BCUT2D eigenvalue weighted by atomic mass is 10.1. The van der Waals surface area contributed by atoms with Crippen molar-refractivity contribution in [2.75, 3.05) is 6.61 Å². The molecule has 0 spiro atoms. The van der Waals surface area contributed by atoms with E-state index in [1.54, 1.807) is 29.8 Å². The van der Waals surface area contributed by atoms with Crippen LogP contribution in [-0.4, -0.2) is 28.3 Å². The second-order valence-electron chi connectivity index (χ2n) is 7.58. The molecule has 6 heteroatoms. The van der Waals surface area contributed by atoms with Crippen molar-refractivity contribution in [1.29, 1.82) is 0 Å². The van der Waals surface area contributed by atoms with E-state index in [4.69, 9.17) is 4.74 Å². The molecule has 1 amide bonds. The molecule has 1 heterocycles. The summed E-state index contributed by atoms with van der Waals surface area (Å²) in [5.74, 6) is -0.625. The highest BCUT2D eigenvalue weighted by Crippen LogP contribution is 2.27. The Morgan fingerprint density at radius 3 is 2.33 bits per heavy atom. The summed E-state index contributed by atoms with van der Waals surface area (Å²) < 4.78 is 6.85. The van der Waals surface area contributed by atoms with Crippen molar-refractivity contribution in [3.8, 4) is 16.9 Å². The lowest BCUT2D eigenvalue weighted by molar-refractivity contribution is 0.0519. The van der Waals surface area contributed by atoms with Gasteiger partial charge in [-0.25, -0.2) is 9.48 Å². The molecular formula is C27H25N3O3. The van der Waals surface area contributed by atoms with Crippen LogP contribution in [0.4, 0.5) is 0 Å². The highest BCUT2D eigenvalue weighted by Gasteiger charge is 2.19. The molecule has 33 heavy (non-hydrogen) atoms. The molecule has 4 rings (SSSR count). The maximum absolute atomic E-state index is 12.6. The van der Waals surface area contributed by atoms with Gasteiger partial charge in [0.05, 0.1) is 18.0 Å². The minimum atomic E-state index is -0.469. The Bertz CT molecular complexity index is 1260. The molecule has 6 nitrogen and oxygen atoms in total. The molecule has 1 N–H and O–H groups in total. The van der Waals surface area contributed by atoms with Gasteiger partial charge in [0.25, 0.3) is 5.91 Å². The van der Waals surface area contributed by atoms with E-state index >= 15 is 0 Å². The number of aryl methyl sites for hydroxylation is 1. The molecule has 0 aliphatic carbocycles. The van der Waals surface area contributed by atoms with Crippen LogP contribution >= 0.6 is 0 Å². The summed E-state index contributed by atoms with van der Waals surface area (Å²) in [6, 6.07) is 26.6. The van der Waals surface area contributed by atoms with E-state index in [0.717, 1.165) is 28.1 Å². The number of amides is 1. The maximum Gasteiger partial charge on any atom is 0.358 e. The largest absolute Gasteiger partial charge is 0.461 e. The summed E-state index contributed by atoms with van der Waals surface area (Å²) in [6.07, 6.45) is 0. The highest BCUT2D eigenvalue weighted by molar-refractivity contribution is 5.94. The normalized spacial score (nSPS) is 10.6. The van der Waals surface area contributed by atoms with Crippen molar-refractivity contribution in [1.82, 2.24) is 15.1 Å². The zero-order chi connectivity index (χ0) is 23.2. The number of benzene rings is 3. The predicted molar refractivity (Wildman–Crippen MR) is 127 cm³/mol. The molecule has 1 aromatic heterocycles. The summed E-state index contributed by atoms with van der Waals surface area (Å²) in [5, 5.41) is 7.44. The van der Waals surface area contributed by atoms with Crippen molar-refractivity contribution < 1.29 is 14.3 Å². The first-order valence-corrected chi connectivity index (χ1v) is 10.8. The van der Waals surface area contributed by atoms with Gasteiger partial charge in [0.2, 0.25) is 0 Å². The molecule has 0 aliphatic heterocycles. The first kappa shape index (κ1) is 22.0. The van der Waals surface area contributed by atoms with Gasteiger partial charge in [0.1, 0.15) is 0 Å². The Hall–Kier alpha value is -4.19. The maximum atomic E-state index is 12.6. The average Bonchev–Trinajstić information content (AvgIpc) is 3.29. The summed E-state index contributed by atoms with van der Waals surface area (Å²) in [6.45, 7) is 4.51. The fourth-order valence-corrected chi connectivity index (χ4v) is 3.57. The van der Waals surface area contributed by atoms with E-state index < -0.39 is 5.97 Å². The van der Waals surface area contributed by atoms with Crippen LogP contribution < -0.4 is 5.32 Å². The van der Waals surface area contributed by atoms with E-state index in [2.05, 4.69) is 10.4 Å². The average molecular weight is 440 g/mol. The zero-order valence-electron chi connectivity index (χ0n) is 18.6. The summed E-state index contributed by atoms with van der Waals surface area (Å²) >= 11 is 0. The highest BCUT2D eigenvalue weighted by atomic mass is 16.5. The Balaban J connectivity index is 1.62. The van der Waals surface area contributed by atoms with E-state index in [0.29, 0.717) is 12.1 Å². The van der Waals surface area contributed by atoms with E-state index in [9.17, 15) is 9.59 Å². The van der Waals surface area contributed by atoms with Crippen LogP contribution in [0.5, 0.6) is 0 Å². The number of ether oxygens (including phenoxy) is 1. The summed E-state index contributed by atoms with van der Waals surface area (Å²) in [4.78, 5) is 24.9. The number of hydrogen-bond acceptors (Lipinski definition) is 4. The zero-order valence-corrected chi connectivity index (χ0v) is 18.6. The smallest absolute Gasteiger partial charge is 0.358 e. The van der Waals surface area contributed by atoms with Crippen LogP contribution in [0, 0.1) is 6.92 Å². The van der Waals surface area contributed by atoms with Gasteiger partial charge in [0.15, 0.2) is 5.69 Å². The molecule has 0 saturated heterocycles. The Morgan fingerprint density at radius 1 is 0.939 bits per heavy atom. The number of carbonyl (C=O) groups is 2. The molecule has 0 radical (unpaired) electrons. The van der Waals surface area contributed by atoms with Gasteiger partial charge in [0, 0.05) is 17.7 Å². The van der Waals surface area contributed by atoms with Crippen molar-refractivity contribution in [3.05, 3.63) is 107 Å². The van der Waals surface area contributed by atoms with Gasteiger partial charge in [-0.1, -0.05) is 54.6 Å². The fourth-order valence-electron chi connectivity index (χ4n) is 3.57. The lowest BCUT2D eigenvalue weighted by Crippen LogP contribution is -2.22. The van der Waals surface area contributed by atoms with Crippen LogP contribution in [-0.2, 0) is 11.3 Å². The monoisotopic (exact) mass is 439 g/mol. The molecule has 3 aromatic carbocycles. The number of hydrogen-bond donors (Lipinski definition) is 1. The molecule has 0 aliphatic rings. The molecular weight excluding hydrogens is 414 g/mol. The van der Waals surface area contributed by atoms with Gasteiger partial charge in [-0.05, 0) is 55.3 Å². The van der Waals surface area contributed by atoms with Crippen LogP contribution in [0.3, 0.4) is 0 Å². The minimum Gasteiger partial charge on any atom is -0.461 e. The SMILES string of the molecule is CCOC(=O)c1cc(-c2ccccc2C)n(-c2ccc(C(=O)NCc3ccccc3)cc2)n1. The van der Waals surface area contributed by atoms with Gasteiger partial charge >= 0.3 is 5.97 Å². The number of nitrogens with one attached hydrogen (secondary N) is 1. The second kappa shape index (κ2) is 9.96. The summed E-state index contributed by atoms with van der Waals surface area (Å²) in [5.41, 5.74) is 5.36. The number of rotatable bonds is 7. The van der Waals surface area contributed by atoms with E-state index in [-0.39, 0.29) is 18.2 Å². The number of carbonyl (C=O) groups excluding carboxylic acids is 2. The Morgan fingerprint density at radius 2 is 1.64 bits per heavy atom. The molecule has 166 valence electrons. The van der Waals surface area contributed by atoms with Gasteiger partial charge in [-0.2, -0.15) is 5.10 Å². The molecule has 0 saturated carbocycles. The molecule has 0 unspecified atom stereocenters. The lowest BCUT2D eigenvalue weighted by Gasteiger charge is -2.11. The van der Waals surface area contributed by atoms with E-state index in [1.165, 1.54) is 0 Å². The molecule has 0 atom stereocenters. The first-order valence-electron chi connectivity index (χ1n) is 10.8. The van der Waals surface area contributed by atoms with Crippen molar-refractivity contribution in [3.63, 3.8) is 0 Å². The summed E-state index contributed by atoms with van der Waals surface area (Å²) in [7, 11) is 0. The minimum absolute atomic E-state index is 0.155. The Kier molecular flexibility index (Phi) is 6.64. The van der Waals surface area contributed by atoms with Crippen LogP contribution in [0.25, 0.3) is 16.9 Å². The standard InChI is InChI=1S/C27H25N3O3/c1-3-33-27(32)24-17-25(23-12-8-7-9-19(23)2)30(29-24)22-15-13-21(14-16-22)26(31)28-18-20-10-5-4-6-11-20/h4-17H,3,18H2,1-2H3,(H,28,31). The van der Waals surface area contributed by atoms with Gasteiger partial charge < -0.3 is 10.1 Å². The van der Waals surface area contributed by atoms with Gasteiger partial charge in [-0.3, -0.25) is 4.79 Å². The number of nitrogens with zero attached hydrogens (tertiary/aromatic N) is 2. The second-order valence-corrected chi connectivity index (χ2v) is 7.58. The first-order chi connectivity index (χ1) is 16.1. The number of aromatic nitrogens is 2. The van der Waals surface area contributed by atoms with E-state index in [1.807, 2.05) is 73.7 Å². The third-order valence-corrected chi connectivity index (χ3v) is 5.28. The van der Waals surface area contributed by atoms with Crippen LogP contribution in [0.1, 0.15) is 38.9 Å². The van der Waals surface area contributed by atoms with Crippen molar-refractivity contribution in [2.45, 2.75) is 20.4 Å². The number of esters is 1. The van der Waals surface area contributed by atoms with Crippen molar-refractivity contribution >= 4 is 11.9 Å². The molecule has 0 fully saturated rings. The fraction of sp³-hybridized carbons (Fsp3) is 0.148. The van der Waals surface area contributed by atoms with Crippen LogP contribution in [0.15, 0.2) is 84.9 Å². The van der Waals surface area contributed by atoms with Crippen molar-refractivity contribution in [2.24, 2.45) is 0 Å². The quantitative estimate of drug-likeness (QED) is 0.413. The molecule has 4 aromatic rings.